The Hall–Kier alpha value is -0.770. The molecule has 0 aromatic carbocycles. The summed E-state index contributed by atoms with van der Waals surface area (Å²) in [5.74, 6) is 1.55. The van der Waals surface area contributed by atoms with Crippen molar-refractivity contribution in [2.24, 2.45) is 16.3 Å². The summed E-state index contributed by atoms with van der Waals surface area (Å²) in [6.07, 6.45) is 1.28. The molecule has 3 atom stereocenters. The maximum absolute atomic E-state index is 11.9. The minimum Gasteiger partial charge on any atom is -0.450 e. The van der Waals surface area contributed by atoms with Gasteiger partial charge in [-0.3, -0.25) is 4.99 Å². The fourth-order valence-electron chi connectivity index (χ4n) is 4.46. The molecule has 150 valence electrons. The molecule has 0 spiro atoms. The smallest absolute Gasteiger partial charge is 0.409 e. The number of aliphatic imine (C=N–C) groups is 1. The standard InChI is InChI=1S/C18H32N4O3.HI/c1-5-19-16(20-14-13-7-12-25-15(13)18(14,3)4)21-8-10-22(11-9-21)17(23)24-6-2;/h13-15H,5-12H2,1-4H3,(H,19,20);1H. The highest BCUT2D eigenvalue weighted by Gasteiger charge is 2.59. The van der Waals surface area contributed by atoms with Crippen molar-refractivity contribution in [1.82, 2.24) is 15.1 Å². The third-order valence-electron chi connectivity index (χ3n) is 5.80. The first kappa shape index (κ1) is 21.5. The number of carbonyl (C=O) groups excluding carboxylic acids is 1. The molecular formula is C18H33IN4O3. The predicted octanol–water partition coefficient (Wildman–Crippen LogP) is 2.16. The van der Waals surface area contributed by atoms with E-state index in [9.17, 15) is 4.79 Å². The third kappa shape index (κ3) is 4.05. The third-order valence-corrected chi connectivity index (χ3v) is 5.80. The molecule has 1 amide bonds. The van der Waals surface area contributed by atoms with Crippen molar-refractivity contribution in [2.45, 2.75) is 46.3 Å². The molecule has 0 aromatic rings. The number of hydrogen-bond acceptors (Lipinski definition) is 4. The molecule has 8 heteroatoms. The lowest BCUT2D eigenvalue weighted by molar-refractivity contribution is -0.107. The van der Waals surface area contributed by atoms with Gasteiger partial charge < -0.3 is 24.6 Å². The van der Waals surface area contributed by atoms with Crippen LogP contribution in [0.3, 0.4) is 0 Å². The number of fused-ring (bicyclic) bond motifs is 1. The Morgan fingerprint density at radius 2 is 1.88 bits per heavy atom. The lowest BCUT2D eigenvalue weighted by Gasteiger charge is -2.55. The van der Waals surface area contributed by atoms with E-state index in [1.165, 1.54) is 0 Å². The maximum atomic E-state index is 11.9. The molecule has 3 aliphatic rings. The number of amides is 1. The number of guanidine groups is 1. The molecule has 1 N–H and O–H groups in total. The first-order valence-electron chi connectivity index (χ1n) is 9.58. The van der Waals surface area contributed by atoms with Gasteiger partial charge in [-0.2, -0.15) is 0 Å². The Balaban J connectivity index is 0.00000243. The zero-order chi connectivity index (χ0) is 18.0. The number of halogens is 1. The van der Waals surface area contributed by atoms with Crippen LogP contribution in [0.2, 0.25) is 0 Å². The minimum atomic E-state index is -0.213. The second-order valence-corrected chi connectivity index (χ2v) is 7.66. The highest BCUT2D eigenvalue weighted by atomic mass is 127. The van der Waals surface area contributed by atoms with Crippen molar-refractivity contribution in [3.8, 4) is 0 Å². The van der Waals surface area contributed by atoms with Gasteiger partial charge in [-0.25, -0.2) is 4.79 Å². The van der Waals surface area contributed by atoms with E-state index in [4.69, 9.17) is 14.5 Å². The van der Waals surface area contributed by atoms with E-state index in [1.54, 1.807) is 4.90 Å². The molecule has 26 heavy (non-hydrogen) atoms. The van der Waals surface area contributed by atoms with Crippen LogP contribution in [0.5, 0.6) is 0 Å². The number of piperazine rings is 1. The lowest BCUT2D eigenvalue weighted by Crippen LogP contribution is -2.68. The first-order chi connectivity index (χ1) is 12.0. The Kier molecular flexibility index (Phi) is 7.41. The molecule has 3 unspecified atom stereocenters. The Morgan fingerprint density at radius 3 is 2.50 bits per heavy atom. The van der Waals surface area contributed by atoms with E-state index in [0.29, 0.717) is 37.8 Å². The molecule has 1 saturated carbocycles. The zero-order valence-electron chi connectivity index (χ0n) is 16.4. The molecule has 3 fully saturated rings. The number of ether oxygens (including phenoxy) is 2. The maximum Gasteiger partial charge on any atom is 0.409 e. The van der Waals surface area contributed by atoms with Gasteiger partial charge in [0.25, 0.3) is 0 Å². The summed E-state index contributed by atoms with van der Waals surface area (Å²) in [4.78, 5) is 20.6. The first-order valence-corrected chi connectivity index (χ1v) is 9.58. The van der Waals surface area contributed by atoms with Gasteiger partial charge in [-0.1, -0.05) is 13.8 Å². The largest absolute Gasteiger partial charge is 0.450 e. The van der Waals surface area contributed by atoms with Gasteiger partial charge in [0.15, 0.2) is 5.96 Å². The van der Waals surface area contributed by atoms with Gasteiger partial charge in [0, 0.05) is 56.7 Å². The predicted molar refractivity (Wildman–Crippen MR) is 112 cm³/mol. The fourth-order valence-corrected chi connectivity index (χ4v) is 4.46. The highest BCUT2D eigenvalue weighted by molar-refractivity contribution is 14.0. The molecule has 2 aliphatic heterocycles. The van der Waals surface area contributed by atoms with Gasteiger partial charge in [0.05, 0.1) is 12.7 Å². The normalized spacial score (nSPS) is 30.2. The van der Waals surface area contributed by atoms with Gasteiger partial charge in [0.1, 0.15) is 0 Å². The molecule has 0 bridgehead atoms. The van der Waals surface area contributed by atoms with Gasteiger partial charge in [-0.05, 0) is 20.3 Å². The highest BCUT2D eigenvalue weighted by Crippen LogP contribution is 2.52. The van der Waals surface area contributed by atoms with Gasteiger partial charge in [-0.15, -0.1) is 24.0 Å². The number of nitrogens with zero attached hydrogens (tertiary/aromatic N) is 3. The Labute approximate surface area is 173 Å². The van der Waals surface area contributed by atoms with E-state index in [2.05, 4.69) is 31.0 Å². The molecule has 3 rings (SSSR count). The number of carbonyl (C=O) groups is 1. The van der Waals surface area contributed by atoms with Crippen LogP contribution in [0.25, 0.3) is 0 Å². The molecular weight excluding hydrogens is 447 g/mol. The van der Waals surface area contributed by atoms with Crippen LogP contribution in [0.15, 0.2) is 4.99 Å². The topological polar surface area (TPSA) is 66.4 Å². The van der Waals surface area contributed by atoms with E-state index in [-0.39, 0.29) is 35.5 Å². The Bertz CT molecular complexity index is 521. The van der Waals surface area contributed by atoms with E-state index in [1.807, 2.05) is 6.92 Å². The summed E-state index contributed by atoms with van der Waals surface area (Å²) >= 11 is 0. The monoisotopic (exact) mass is 480 g/mol. The summed E-state index contributed by atoms with van der Waals surface area (Å²) in [7, 11) is 0. The number of hydrogen-bond donors (Lipinski definition) is 1. The molecule has 7 nitrogen and oxygen atoms in total. The van der Waals surface area contributed by atoms with E-state index < -0.39 is 0 Å². The molecule has 2 saturated heterocycles. The van der Waals surface area contributed by atoms with Crippen LogP contribution >= 0.6 is 24.0 Å². The summed E-state index contributed by atoms with van der Waals surface area (Å²) in [5.41, 5.74) is 0.127. The quantitative estimate of drug-likeness (QED) is 0.381. The SMILES string of the molecule is CCN=C(NC1C2CCOC2C1(C)C)N1CCN(C(=O)OCC)CC1.I. The van der Waals surface area contributed by atoms with Crippen molar-refractivity contribution in [3.05, 3.63) is 0 Å². The summed E-state index contributed by atoms with van der Waals surface area (Å²) < 4.78 is 11.0. The van der Waals surface area contributed by atoms with Gasteiger partial charge in [0.2, 0.25) is 0 Å². The zero-order valence-corrected chi connectivity index (χ0v) is 18.7. The van der Waals surface area contributed by atoms with Crippen LogP contribution in [0.4, 0.5) is 4.79 Å². The molecule has 0 aromatic heterocycles. The van der Waals surface area contributed by atoms with Crippen molar-refractivity contribution in [1.29, 1.82) is 0 Å². The van der Waals surface area contributed by atoms with Crippen molar-refractivity contribution in [3.63, 3.8) is 0 Å². The molecule has 0 radical (unpaired) electrons. The summed E-state index contributed by atoms with van der Waals surface area (Å²) in [5, 5.41) is 3.72. The van der Waals surface area contributed by atoms with Crippen LogP contribution in [-0.4, -0.2) is 79.9 Å². The van der Waals surface area contributed by atoms with E-state index >= 15 is 0 Å². The number of nitrogens with one attached hydrogen (secondary N) is 1. The second-order valence-electron chi connectivity index (χ2n) is 7.66. The van der Waals surface area contributed by atoms with Crippen LogP contribution in [-0.2, 0) is 9.47 Å². The van der Waals surface area contributed by atoms with Crippen LogP contribution in [0.1, 0.15) is 34.1 Å². The Morgan fingerprint density at radius 1 is 1.23 bits per heavy atom. The van der Waals surface area contributed by atoms with E-state index in [0.717, 1.165) is 38.6 Å². The van der Waals surface area contributed by atoms with Crippen molar-refractivity contribution >= 4 is 36.0 Å². The van der Waals surface area contributed by atoms with Crippen molar-refractivity contribution < 1.29 is 14.3 Å². The second kappa shape index (κ2) is 8.95. The van der Waals surface area contributed by atoms with Crippen molar-refractivity contribution in [2.75, 3.05) is 45.9 Å². The molecule has 2 heterocycles. The average molecular weight is 480 g/mol. The van der Waals surface area contributed by atoms with Crippen LogP contribution < -0.4 is 5.32 Å². The molecule has 1 aliphatic carbocycles. The lowest BCUT2D eigenvalue weighted by atomic mass is 9.57. The summed E-state index contributed by atoms with van der Waals surface area (Å²) in [6.45, 7) is 13.4. The van der Waals surface area contributed by atoms with Crippen LogP contribution in [0, 0.1) is 11.3 Å². The summed E-state index contributed by atoms with van der Waals surface area (Å²) in [6, 6.07) is 0.397. The average Bonchev–Trinajstić information content (AvgIpc) is 3.06. The fraction of sp³-hybridized carbons (Fsp3) is 0.889. The minimum absolute atomic E-state index is 0. The number of rotatable bonds is 3. The van der Waals surface area contributed by atoms with Gasteiger partial charge >= 0.3 is 6.09 Å².